The highest BCUT2D eigenvalue weighted by atomic mass is 14.9. The maximum Gasteiger partial charge on any atom is 0.212 e. The summed E-state index contributed by atoms with van der Waals surface area (Å²) in [7, 11) is 4.25. The van der Waals surface area contributed by atoms with E-state index in [4.69, 9.17) is 0 Å². The highest BCUT2D eigenvalue weighted by Crippen LogP contribution is 2.34. The molecule has 0 atom stereocenters. The minimum atomic E-state index is 1.22. The third-order valence-corrected chi connectivity index (χ3v) is 7.01. The van der Waals surface area contributed by atoms with Gasteiger partial charge in [-0.15, -0.1) is 0 Å². The van der Waals surface area contributed by atoms with Gasteiger partial charge in [0.05, 0.1) is 0 Å². The zero-order valence-electron chi connectivity index (χ0n) is 19.8. The molecule has 2 heteroatoms. The molecular formula is C32H27N2+. The molecule has 2 nitrogen and oxygen atoms in total. The molecule has 0 amide bonds. The maximum atomic E-state index is 2.33. The largest absolute Gasteiger partial charge is 0.344 e. The van der Waals surface area contributed by atoms with E-state index in [1.54, 1.807) is 0 Å². The summed E-state index contributed by atoms with van der Waals surface area (Å²) in [5.41, 5.74) is 11.2. The van der Waals surface area contributed by atoms with Crippen molar-refractivity contribution in [1.29, 1.82) is 0 Å². The first-order valence-electron chi connectivity index (χ1n) is 11.7. The molecule has 4 aromatic carbocycles. The number of para-hydroxylation sites is 1. The summed E-state index contributed by atoms with van der Waals surface area (Å²) in [4.78, 5) is 0. The molecule has 0 radical (unpaired) electrons. The van der Waals surface area contributed by atoms with E-state index < -0.39 is 0 Å². The Kier molecular flexibility index (Phi) is 4.81. The molecule has 0 N–H and O–H groups in total. The number of rotatable bonds is 3. The maximum absolute atomic E-state index is 2.33. The summed E-state index contributed by atoms with van der Waals surface area (Å²) in [5, 5.41) is 2.60. The van der Waals surface area contributed by atoms with E-state index in [1.165, 1.54) is 60.9 Å². The second-order valence-electron chi connectivity index (χ2n) is 9.12. The Morgan fingerprint density at radius 3 is 2.09 bits per heavy atom. The predicted molar refractivity (Wildman–Crippen MR) is 143 cm³/mol. The average molecular weight is 440 g/mol. The first kappa shape index (κ1) is 20.4. The highest BCUT2D eigenvalue weighted by Gasteiger charge is 2.14. The molecule has 0 aliphatic heterocycles. The molecule has 0 fully saturated rings. The van der Waals surface area contributed by atoms with Crippen molar-refractivity contribution in [2.24, 2.45) is 14.1 Å². The van der Waals surface area contributed by atoms with Gasteiger partial charge < -0.3 is 4.57 Å². The lowest BCUT2D eigenvalue weighted by Gasteiger charge is -2.10. The van der Waals surface area contributed by atoms with Gasteiger partial charge in [-0.3, -0.25) is 0 Å². The van der Waals surface area contributed by atoms with Gasteiger partial charge in [0.25, 0.3) is 0 Å². The SMILES string of the molecule is Cc1ccc(-c2cccc(-c3ccc4c(c3)c3ccccc3n4C)c2)cc1-c1cccc[n+]1C. The third kappa shape index (κ3) is 3.31. The molecule has 164 valence electrons. The minimum absolute atomic E-state index is 1.22. The van der Waals surface area contributed by atoms with E-state index in [9.17, 15) is 0 Å². The third-order valence-electron chi connectivity index (χ3n) is 7.01. The van der Waals surface area contributed by atoms with Gasteiger partial charge in [0, 0.05) is 46.5 Å². The van der Waals surface area contributed by atoms with Crippen LogP contribution in [0, 0.1) is 6.92 Å². The van der Waals surface area contributed by atoms with Crippen molar-refractivity contribution in [3.63, 3.8) is 0 Å². The Hall–Kier alpha value is -4.17. The van der Waals surface area contributed by atoms with Gasteiger partial charge in [-0.25, -0.2) is 4.57 Å². The number of aryl methyl sites for hydroxylation is 3. The van der Waals surface area contributed by atoms with Crippen molar-refractivity contribution in [1.82, 2.24) is 4.57 Å². The number of pyridine rings is 1. The van der Waals surface area contributed by atoms with E-state index in [0.717, 1.165) is 0 Å². The van der Waals surface area contributed by atoms with Crippen LogP contribution in [0.3, 0.4) is 0 Å². The van der Waals surface area contributed by atoms with E-state index >= 15 is 0 Å². The van der Waals surface area contributed by atoms with Gasteiger partial charge >= 0.3 is 0 Å². The molecule has 0 unspecified atom stereocenters. The van der Waals surface area contributed by atoms with E-state index in [-0.39, 0.29) is 0 Å². The second kappa shape index (κ2) is 8.00. The molecule has 2 heterocycles. The topological polar surface area (TPSA) is 8.81 Å². The molecule has 0 spiro atoms. The fraction of sp³-hybridized carbons (Fsp3) is 0.0938. The van der Waals surface area contributed by atoms with Crippen LogP contribution in [-0.4, -0.2) is 4.57 Å². The normalized spacial score (nSPS) is 11.4. The number of benzene rings is 4. The van der Waals surface area contributed by atoms with Crippen LogP contribution in [0.15, 0.2) is 109 Å². The molecule has 6 aromatic rings. The fourth-order valence-electron chi connectivity index (χ4n) is 5.11. The molecular weight excluding hydrogens is 412 g/mol. The first-order valence-corrected chi connectivity index (χ1v) is 11.7. The second-order valence-corrected chi connectivity index (χ2v) is 9.12. The van der Waals surface area contributed by atoms with Gasteiger partial charge in [0.1, 0.15) is 7.05 Å². The van der Waals surface area contributed by atoms with Gasteiger partial charge in [0.15, 0.2) is 6.20 Å². The summed E-state index contributed by atoms with van der Waals surface area (Å²) in [6, 6.07) is 37.5. The molecule has 0 bridgehead atoms. The molecule has 2 aromatic heterocycles. The number of nitrogens with zero attached hydrogens (tertiary/aromatic N) is 2. The monoisotopic (exact) mass is 439 g/mol. The van der Waals surface area contributed by atoms with Crippen LogP contribution < -0.4 is 4.57 Å². The van der Waals surface area contributed by atoms with Gasteiger partial charge in [-0.05, 0) is 71.1 Å². The summed E-state index contributed by atoms with van der Waals surface area (Å²) >= 11 is 0. The molecule has 0 saturated carbocycles. The van der Waals surface area contributed by atoms with E-state index in [1.807, 2.05) is 0 Å². The van der Waals surface area contributed by atoms with E-state index in [2.05, 4.69) is 139 Å². The van der Waals surface area contributed by atoms with Crippen LogP contribution in [0.2, 0.25) is 0 Å². The molecule has 0 aliphatic rings. The van der Waals surface area contributed by atoms with Gasteiger partial charge in [-0.1, -0.05) is 54.6 Å². The van der Waals surface area contributed by atoms with Crippen molar-refractivity contribution in [3.8, 4) is 33.5 Å². The van der Waals surface area contributed by atoms with Crippen LogP contribution in [0.4, 0.5) is 0 Å². The van der Waals surface area contributed by atoms with Gasteiger partial charge in [-0.2, -0.15) is 0 Å². The summed E-state index contributed by atoms with van der Waals surface area (Å²) in [6.07, 6.45) is 2.10. The quantitative estimate of drug-likeness (QED) is 0.253. The first-order chi connectivity index (χ1) is 16.6. The molecule has 0 saturated heterocycles. The summed E-state index contributed by atoms with van der Waals surface area (Å²) < 4.78 is 4.46. The Morgan fingerprint density at radius 1 is 0.588 bits per heavy atom. The fourth-order valence-corrected chi connectivity index (χ4v) is 5.11. The number of hydrogen-bond acceptors (Lipinski definition) is 0. The molecule has 34 heavy (non-hydrogen) atoms. The predicted octanol–water partition coefficient (Wildman–Crippen LogP) is 7.47. The van der Waals surface area contributed by atoms with Crippen molar-refractivity contribution >= 4 is 21.8 Å². The van der Waals surface area contributed by atoms with Crippen molar-refractivity contribution in [2.75, 3.05) is 0 Å². The van der Waals surface area contributed by atoms with Crippen LogP contribution in [0.1, 0.15) is 5.56 Å². The van der Waals surface area contributed by atoms with Crippen molar-refractivity contribution in [3.05, 3.63) is 115 Å². The Bertz CT molecular complexity index is 1690. The van der Waals surface area contributed by atoms with Gasteiger partial charge in [0.2, 0.25) is 5.69 Å². The average Bonchev–Trinajstić information content (AvgIpc) is 3.16. The van der Waals surface area contributed by atoms with Crippen LogP contribution in [-0.2, 0) is 14.1 Å². The van der Waals surface area contributed by atoms with Crippen molar-refractivity contribution in [2.45, 2.75) is 6.92 Å². The zero-order valence-corrected chi connectivity index (χ0v) is 19.8. The number of fused-ring (bicyclic) bond motifs is 3. The summed E-state index contributed by atoms with van der Waals surface area (Å²) in [5.74, 6) is 0. The Morgan fingerprint density at radius 2 is 1.26 bits per heavy atom. The smallest absolute Gasteiger partial charge is 0.212 e. The van der Waals surface area contributed by atoms with Crippen LogP contribution in [0.25, 0.3) is 55.3 Å². The molecule has 6 rings (SSSR count). The van der Waals surface area contributed by atoms with Crippen LogP contribution >= 0.6 is 0 Å². The lowest BCUT2D eigenvalue weighted by Crippen LogP contribution is -2.30. The lowest BCUT2D eigenvalue weighted by molar-refractivity contribution is -0.660. The molecule has 0 aliphatic carbocycles. The zero-order chi connectivity index (χ0) is 23.2. The Balaban J connectivity index is 1.46. The van der Waals surface area contributed by atoms with E-state index in [0.29, 0.717) is 0 Å². The summed E-state index contributed by atoms with van der Waals surface area (Å²) in [6.45, 7) is 2.18. The Labute approximate surface area is 200 Å². The number of hydrogen-bond donors (Lipinski definition) is 0. The lowest BCUT2D eigenvalue weighted by atomic mass is 9.95. The minimum Gasteiger partial charge on any atom is -0.344 e. The number of aromatic nitrogens is 2. The van der Waals surface area contributed by atoms with Crippen molar-refractivity contribution < 1.29 is 4.57 Å². The van der Waals surface area contributed by atoms with Crippen LogP contribution in [0.5, 0.6) is 0 Å². The highest BCUT2D eigenvalue weighted by molar-refractivity contribution is 6.09. The standard InChI is InChI=1S/C32H27N2/c1-22-14-15-25(20-28(22)30-12-6-7-18-33(30)2)23-9-8-10-24(19-23)26-16-17-32-29(21-26)27-11-4-5-13-31(27)34(32)3/h4-21H,1-3H3/q+1.